The van der Waals surface area contributed by atoms with E-state index in [9.17, 15) is 4.79 Å². The van der Waals surface area contributed by atoms with Gasteiger partial charge in [0.1, 0.15) is 0 Å². The van der Waals surface area contributed by atoms with Gasteiger partial charge < -0.3 is 4.98 Å². The number of ketones is 1. The number of halogens is 1. The number of carbonyl (C=O) groups excluding carboxylic acids is 1. The number of rotatable bonds is 4. The number of hydrogen-bond acceptors (Lipinski definition) is 4. The Hall–Kier alpha value is -1.66. The van der Waals surface area contributed by atoms with Crippen LogP contribution < -0.4 is 0 Å². The van der Waals surface area contributed by atoms with Crippen LogP contribution in [0.3, 0.4) is 0 Å². The molecule has 20 heavy (non-hydrogen) atoms. The van der Waals surface area contributed by atoms with Crippen molar-refractivity contribution < 1.29 is 4.79 Å². The van der Waals surface area contributed by atoms with E-state index in [1.54, 1.807) is 6.20 Å². The van der Waals surface area contributed by atoms with Crippen LogP contribution in [0.25, 0.3) is 11.2 Å². The highest BCUT2D eigenvalue weighted by atomic mass is 79.9. The van der Waals surface area contributed by atoms with Crippen LogP contribution in [0, 0.1) is 0 Å². The van der Waals surface area contributed by atoms with E-state index in [1.807, 2.05) is 36.4 Å². The van der Waals surface area contributed by atoms with E-state index in [4.69, 9.17) is 0 Å². The van der Waals surface area contributed by atoms with E-state index in [0.717, 1.165) is 15.6 Å². The third-order valence-corrected chi connectivity index (χ3v) is 4.03. The number of carbonyl (C=O) groups is 1. The Kier molecular flexibility index (Phi) is 3.84. The first kappa shape index (κ1) is 13.3. The van der Waals surface area contributed by atoms with Gasteiger partial charge in [-0.05, 0) is 22.0 Å². The summed E-state index contributed by atoms with van der Waals surface area (Å²) in [6.45, 7) is 0. The fraction of sp³-hybridized carbons (Fsp3) is 0.0714. The molecule has 0 saturated carbocycles. The summed E-state index contributed by atoms with van der Waals surface area (Å²) in [6.07, 6.45) is 1.70. The van der Waals surface area contributed by atoms with Gasteiger partial charge in [-0.2, -0.15) is 0 Å². The number of Topliss-reactive ketones (excluding diaryl/α,β-unsaturated/α-hetero) is 1. The molecule has 6 heteroatoms. The molecule has 0 aliphatic heterocycles. The van der Waals surface area contributed by atoms with Crippen molar-refractivity contribution in [1.29, 1.82) is 0 Å². The number of H-pyrrole nitrogens is 1. The second-order valence-corrected chi connectivity index (χ2v) is 6.02. The van der Waals surface area contributed by atoms with Gasteiger partial charge in [0.2, 0.25) is 0 Å². The Labute approximate surface area is 128 Å². The van der Waals surface area contributed by atoms with Crippen molar-refractivity contribution in [3.63, 3.8) is 0 Å². The molecule has 0 saturated heterocycles. The van der Waals surface area contributed by atoms with E-state index in [1.165, 1.54) is 11.8 Å². The molecule has 0 unspecified atom stereocenters. The van der Waals surface area contributed by atoms with Crippen molar-refractivity contribution in [2.75, 3.05) is 5.75 Å². The van der Waals surface area contributed by atoms with E-state index in [0.29, 0.717) is 16.6 Å². The average Bonchev–Trinajstić information content (AvgIpc) is 2.87. The smallest absolute Gasteiger partial charge is 0.178 e. The summed E-state index contributed by atoms with van der Waals surface area (Å²) in [5, 5.41) is 0.704. The van der Waals surface area contributed by atoms with Gasteiger partial charge in [-0.1, -0.05) is 42.1 Å². The minimum atomic E-state index is 0.0881. The Morgan fingerprint density at radius 2 is 2.10 bits per heavy atom. The number of aromatic nitrogens is 3. The van der Waals surface area contributed by atoms with Gasteiger partial charge in [-0.3, -0.25) is 4.79 Å². The molecular formula is C14H10BrN3OS. The molecule has 4 nitrogen and oxygen atoms in total. The zero-order valence-corrected chi connectivity index (χ0v) is 12.7. The first-order valence-electron chi connectivity index (χ1n) is 5.95. The first-order chi connectivity index (χ1) is 9.72. The van der Waals surface area contributed by atoms with Crippen molar-refractivity contribution in [2.24, 2.45) is 0 Å². The molecule has 0 aliphatic rings. The number of hydrogen-bond donors (Lipinski definition) is 1. The molecule has 0 fully saturated rings. The fourth-order valence-corrected chi connectivity index (χ4v) is 2.86. The van der Waals surface area contributed by atoms with Crippen LogP contribution in [0.1, 0.15) is 10.4 Å². The van der Waals surface area contributed by atoms with Crippen molar-refractivity contribution in [2.45, 2.75) is 5.16 Å². The number of nitrogens with one attached hydrogen (secondary N) is 1. The molecule has 0 aliphatic carbocycles. The number of fused-ring (bicyclic) bond motifs is 1. The standard InChI is InChI=1S/C14H10BrN3OS/c15-10-6-11-13(16-7-10)18-14(17-11)20-8-12(19)9-4-2-1-3-5-9/h1-7H,8H2,(H,16,17,18). The molecule has 0 spiro atoms. The zero-order valence-electron chi connectivity index (χ0n) is 10.3. The van der Waals surface area contributed by atoms with Crippen LogP contribution in [-0.4, -0.2) is 26.5 Å². The number of nitrogens with zero attached hydrogens (tertiary/aromatic N) is 2. The van der Waals surface area contributed by atoms with Gasteiger partial charge in [0.15, 0.2) is 16.6 Å². The van der Waals surface area contributed by atoms with Crippen LogP contribution in [0.2, 0.25) is 0 Å². The second-order valence-electron chi connectivity index (χ2n) is 4.14. The average molecular weight is 348 g/mol. The Balaban J connectivity index is 1.72. The SMILES string of the molecule is O=C(CSc1nc2ncc(Br)cc2[nH]1)c1ccccc1. The van der Waals surface area contributed by atoms with Crippen molar-refractivity contribution in [1.82, 2.24) is 15.0 Å². The zero-order chi connectivity index (χ0) is 13.9. The Morgan fingerprint density at radius 3 is 2.90 bits per heavy atom. The maximum atomic E-state index is 12.0. The summed E-state index contributed by atoms with van der Waals surface area (Å²) in [7, 11) is 0. The highest BCUT2D eigenvalue weighted by Crippen LogP contribution is 2.21. The van der Waals surface area contributed by atoms with Gasteiger partial charge in [0.05, 0.1) is 11.3 Å². The van der Waals surface area contributed by atoms with Crippen LogP contribution in [-0.2, 0) is 0 Å². The molecule has 0 atom stereocenters. The summed E-state index contributed by atoms with van der Waals surface area (Å²) in [6, 6.07) is 11.2. The van der Waals surface area contributed by atoms with E-state index < -0.39 is 0 Å². The van der Waals surface area contributed by atoms with E-state index in [2.05, 4.69) is 30.9 Å². The summed E-state index contributed by atoms with van der Waals surface area (Å²) < 4.78 is 0.894. The van der Waals surface area contributed by atoms with Crippen molar-refractivity contribution in [3.05, 3.63) is 52.6 Å². The molecule has 2 aromatic heterocycles. The lowest BCUT2D eigenvalue weighted by Crippen LogP contribution is -2.01. The maximum Gasteiger partial charge on any atom is 0.178 e. The molecule has 0 radical (unpaired) electrons. The van der Waals surface area contributed by atoms with Crippen LogP contribution in [0.5, 0.6) is 0 Å². The topological polar surface area (TPSA) is 58.6 Å². The molecule has 0 bridgehead atoms. The number of pyridine rings is 1. The van der Waals surface area contributed by atoms with E-state index in [-0.39, 0.29) is 5.78 Å². The minimum absolute atomic E-state index is 0.0881. The van der Waals surface area contributed by atoms with E-state index >= 15 is 0 Å². The number of aromatic amines is 1. The third-order valence-electron chi connectivity index (χ3n) is 2.72. The highest BCUT2D eigenvalue weighted by molar-refractivity contribution is 9.10. The predicted octanol–water partition coefficient (Wildman–Crippen LogP) is 3.70. The first-order valence-corrected chi connectivity index (χ1v) is 7.72. The Morgan fingerprint density at radius 1 is 1.30 bits per heavy atom. The summed E-state index contributed by atoms with van der Waals surface area (Å²) >= 11 is 4.75. The summed E-state index contributed by atoms with van der Waals surface area (Å²) in [5.41, 5.74) is 2.23. The van der Waals surface area contributed by atoms with Gasteiger partial charge >= 0.3 is 0 Å². The lowest BCUT2D eigenvalue weighted by molar-refractivity contribution is 0.102. The second kappa shape index (κ2) is 5.76. The number of imidazole rings is 1. The Bertz CT molecular complexity index is 757. The summed E-state index contributed by atoms with van der Waals surface area (Å²) in [5.74, 6) is 0.440. The van der Waals surface area contributed by atoms with Crippen molar-refractivity contribution >= 4 is 44.6 Å². The normalized spacial score (nSPS) is 10.8. The van der Waals surface area contributed by atoms with Gasteiger partial charge in [-0.15, -0.1) is 0 Å². The lowest BCUT2D eigenvalue weighted by Gasteiger charge is -1.98. The van der Waals surface area contributed by atoms with Gasteiger partial charge in [0.25, 0.3) is 0 Å². The molecule has 100 valence electrons. The van der Waals surface area contributed by atoms with Crippen LogP contribution >= 0.6 is 27.7 Å². The monoisotopic (exact) mass is 347 g/mol. The number of benzene rings is 1. The van der Waals surface area contributed by atoms with Gasteiger partial charge in [-0.25, -0.2) is 9.97 Å². The molecular weight excluding hydrogens is 338 g/mol. The lowest BCUT2D eigenvalue weighted by atomic mass is 10.2. The maximum absolute atomic E-state index is 12.0. The molecule has 2 heterocycles. The largest absolute Gasteiger partial charge is 0.331 e. The highest BCUT2D eigenvalue weighted by Gasteiger charge is 2.09. The predicted molar refractivity (Wildman–Crippen MR) is 83.1 cm³/mol. The molecule has 1 aromatic carbocycles. The van der Waals surface area contributed by atoms with Crippen LogP contribution in [0.15, 0.2) is 52.2 Å². The third kappa shape index (κ3) is 2.91. The molecule has 3 rings (SSSR count). The minimum Gasteiger partial charge on any atom is -0.331 e. The molecule has 0 amide bonds. The van der Waals surface area contributed by atoms with Crippen molar-refractivity contribution in [3.8, 4) is 0 Å². The number of thioether (sulfide) groups is 1. The van der Waals surface area contributed by atoms with Crippen LogP contribution in [0.4, 0.5) is 0 Å². The molecule has 3 aromatic rings. The van der Waals surface area contributed by atoms with Gasteiger partial charge in [0, 0.05) is 16.2 Å². The quantitative estimate of drug-likeness (QED) is 0.577. The molecule has 1 N–H and O–H groups in total. The summed E-state index contributed by atoms with van der Waals surface area (Å²) in [4.78, 5) is 23.7. The fourth-order valence-electron chi connectivity index (χ4n) is 1.76.